The summed E-state index contributed by atoms with van der Waals surface area (Å²) in [6.45, 7) is 11.0. The molecule has 1 unspecified atom stereocenters. The Hall–Kier alpha value is -1.86. The van der Waals surface area contributed by atoms with Gasteiger partial charge in [0, 0.05) is 56.8 Å². The molecule has 1 fully saturated rings. The van der Waals surface area contributed by atoms with Gasteiger partial charge in [0.25, 0.3) is 0 Å². The largest absolute Gasteiger partial charge is 0.364 e. The molecule has 3 heterocycles. The molecule has 7 heteroatoms. The van der Waals surface area contributed by atoms with Crippen LogP contribution in [0.1, 0.15) is 24.4 Å². The second-order valence-corrected chi connectivity index (χ2v) is 7.87. The Morgan fingerprint density at radius 3 is 2.85 bits per heavy atom. The van der Waals surface area contributed by atoms with E-state index in [1.807, 2.05) is 17.4 Å². The van der Waals surface area contributed by atoms with Crippen molar-refractivity contribution in [3.05, 3.63) is 40.4 Å². The topological polar surface area (TPSA) is 56.9 Å². The predicted molar refractivity (Wildman–Crippen MR) is 107 cm³/mol. The van der Waals surface area contributed by atoms with E-state index in [0.717, 1.165) is 63.9 Å². The first-order valence-electron chi connectivity index (χ1n) is 9.42. The third-order valence-electron chi connectivity index (χ3n) is 4.57. The molecular formula is C19H29N5OS. The predicted octanol–water partition coefficient (Wildman–Crippen LogP) is 2.70. The van der Waals surface area contributed by atoms with E-state index in [1.54, 1.807) is 6.26 Å². The third-order valence-corrected chi connectivity index (χ3v) is 5.46. The molecule has 2 aromatic rings. The van der Waals surface area contributed by atoms with Crippen LogP contribution in [-0.4, -0.2) is 60.2 Å². The van der Waals surface area contributed by atoms with Crippen LogP contribution in [0.2, 0.25) is 0 Å². The molecular weight excluding hydrogens is 346 g/mol. The Bertz CT molecular complexity index is 648. The summed E-state index contributed by atoms with van der Waals surface area (Å²) in [4.78, 5) is 11.1. The lowest BCUT2D eigenvalue weighted by molar-refractivity contribution is 0.169. The van der Waals surface area contributed by atoms with E-state index in [4.69, 9.17) is 9.52 Å². The molecule has 1 aliphatic heterocycles. The van der Waals surface area contributed by atoms with Gasteiger partial charge in [0.15, 0.2) is 5.96 Å². The number of guanidine groups is 1. The SMILES string of the molecule is CCNC(=NCC(C)Cc1cccs1)N1CCN(Cc2ccon2)CC1. The monoisotopic (exact) mass is 375 g/mol. The van der Waals surface area contributed by atoms with E-state index < -0.39 is 0 Å². The van der Waals surface area contributed by atoms with Crippen molar-refractivity contribution in [2.24, 2.45) is 10.9 Å². The van der Waals surface area contributed by atoms with Gasteiger partial charge in [0.1, 0.15) is 6.26 Å². The second-order valence-electron chi connectivity index (χ2n) is 6.84. The van der Waals surface area contributed by atoms with Gasteiger partial charge in [0.05, 0.1) is 5.69 Å². The number of hydrogen-bond donors (Lipinski definition) is 1. The van der Waals surface area contributed by atoms with Gasteiger partial charge < -0.3 is 14.7 Å². The smallest absolute Gasteiger partial charge is 0.194 e. The number of hydrogen-bond acceptors (Lipinski definition) is 5. The molecule has 1 aliphatic rings. The van der Waals surface area contributed by atoms with Crippen molar-refractivity contribution in [1.82, 2.24) is 20.3 Å². The van der Waals surface area contributed by atoms with Crippen LogP contribution in [-0.2, 0) is 13.0 Å². The quantitative estimate of drug-likeness (QED) is 0.596. The van der Waals surface area contributed by atoms with Gasteiger partial charge in [-0.1, -0.05) is 18.1 Å². The summed E-state index contributed by atoms with van der Waals surface area (Å²) in [5, 5.41) is 9.61. The number of piperazine rings is 1. The van der Waals surface area contributed by atoms with Crippen LogP contribution in [0.15, 0.2) is 39.4 Å². The maximum atomic E-state index is 4.92. The fourth-order valence-corrected chi connectivity index (χ4v) is 4.04. The van der Waals surface area contributed by atoms with Crippen LogP contribution in [0.5, 0.6) is 0 Å². The molecule has 6 nitrogen and oxygen atoms in total. The number of rotatable bonds is 7. The highest BCUT2D eigenvalue weighted by atomic mass is 32.1. The van der Waals surface area contributed by atoms with E-state index >= 15 is 0 Å². The van der Waals surface area contributed by atoms with E-state index in [1.165, 1.54) is 4.88 Å². The normalized spacial score (nSPS) is 17.5. The first kappa shape index (κ1) is 18.9. The molecule has 1 atom stereocenters. The zero-order valence-electron chi connectivity index (χ0n) is 15.7. The van der Waals surface area contributed by atoms with Crippen molar-refractivity contribution in [1.29, 1.82) is 0 Å². The standard InChI is InChI=1S/C19H29N5OS/c1-3-20-19(21-14-16(2)13-18-5-4-12-26-18)24-9-7-23(8-10-24)15-17-6-11-25-22-17/h4-6,11-12,16H,3,7-10,13-15H2,1-2H3,(H,20,21). The second kappa shape index (κ2) is 9.73. The summed E-state index contributed by atoms with van der Waals surface area (Å²) in [5.41, 5.74) is 1.00. The summed E-state index contributed by atoms with van der Waals surface area (Å²) in [5.74, 6) is 1.60. The Morgan fingerprint density at radius 1 is 1.35 bits per heavy atom. The van der Waals surface area contributed by atoms with Gasteiger partial charge in [0.2, 0.25) is 0 Å². The molecule has 0 radical (unpaired) electrons. The maximum Gasteiger partial charge on any atom is 0.194 e. The highest BCUT2D eigenvalue weighted by Crippen LogP contribution is 2.15. The average Bonchev–Trinajstić information content (AvgIpc) is 3.33. The number of aromatic nitrogens is 1. The zero-order chi connectivity index (χ0) is 18.2. The van der Waals surface area contributed by atoms with E-state index in [9.17, 15) is 0 Å². The van der Waals surface area contributed by atoms with Crippen molar-refractivity contribution >= 4 is 17.3 Å². The van der Waals surface area contributed by atoms with Crippen LogP contribution < -0.4 is 5.32 Å². The van der Waals surface area contributed by atoms with Gasteiger partial charge in [-0.25, -0.2) is 0 Å². The average molecular weight is 376 g/mol. The van der Waals surface area contributed by atoms with Crippen LogP contribution in [0.4, 0.5) is 0 Å². The van der Waals surface area contributed by atoms with E-state index in [-0.39, 0.29) is 0 Å². The summed E-state index contributed by atoms with van der Waals surface area (Å²) in [7, 11) is 0. The third kappa shape index (κ3) is 5.57. The molecule has 0 saturated carbocycles. The molecule has 1 N–H and O–H groups in total. The maximum absolute atomic E-state index is 4.92. The van der Waals surface area contributed by atoms with Crippen LogP contribution >= 0.6 is 11.3 Å². The highest BCUT2D eigenvalue weighted by molar-refractivity contribution is 7.09. The molecule has 0 spiro atoms. The van der Waals surface area contributed by atoms with Gasteiger partial charge in [-0.2, -0.15) is 0 Å². The van der Waals surface area contributed by atoms with Crippen molar-refractivity contribution in [3.8, 4) is 0 Å². The van der Waals surface area contributed by atoms with Crippen LogP contribution in [0.3, 0.4) is 0 Å². The minimum absolute atomic E-state index is 0.552. The lowest BCUT2D eigenvalue weighted by Gasteiger charge is -2.36. The summed E-state index contributed by atoms with van der Waals surface area (Å²) in [6, 6.07) is 6.27. The molecule has 142 valence electrons. The number of thiophene rings is 1. The minimum Gasteiger partial charge on any atom is -0.364 e. The van der Waals surface area contributed by atoms with Gasteiger partial charge in [-0.05, 0) is 30.7 Å². The molecule has 1 saturated heterocycles. The fraction of sp³-hybridized carbons (Fsp3) is 0.579. The van der Waals surface area contributed by atoms with E-state index in [2.05, 4.69) is 51.6 Å². The Balaban J connectivity index is 1.49. The Labute approximate surface area is 159 Å². The highest BCUT2D eigenvalue weighted by Gasteiger charge is 2.20. The van der Waals surface area contributed by atoms with E-state index in [0.29, 0.717) is 5.92 Å². The van der Waals surface area contributed by atoms with Gasteiger partial charge in [-0.15, -0.1) is 11.3 Å². The number of aliphatic imine (C=N–C) groups is 1. The summed E-state index contributed by atoms with van der Waals surface area (Å²) < 4.78 is 4.92. The van der Waals surface area contributed by atoms with Crippen molar-refractivity contribution < 1.29 is 4.52 Å². The van der Waals surface area contributed by atoms with Crippen LogP contribution in [0.25, 0.3) is 0 Å². The molecule has 2 aromatic heterocycles. The molecule has 0 aromatic carbocycles. The van der Waals surface area contributed by atoms with Gasteiger partial charge in [-0.3, -0.25) is 9.89 Å². The zero-order valence-corrected chi connectivity index (χ0v) is 16.5. The first-order chi connectivity index (χ1) is 12.7. The van der Waals surface area contributed by atoms with Crippen LogP contribution in [0, 0.1) is 5.92 Å². The van der Waals surface area contributed by atoms with Crippen molar-refractivity contribution in [3.63, 3.8) is 0 Å². The molecule has 0 bridgehead atoms. The lowest BCUT2D eigenvalue weighted by Crippen LogP contribution is -2.52. The fourth-order valence-electron chi connectivity index (χ4n) is 3.17. The molecule has 3 rings (SSSR count). The minimum atomic E-state index is 0.552. The molecule has 0 amide bonds. The van der Waals surface area contributed by atoms with Gasteiger partial charge >= 0.3 is 0 Å². The van der Waals surface area contributed by atoms with Crippen molar-refractivity contribution in [2.45, 2.75) is 26.8 Å². The Morgan fingerprint density at radius 2 is 2.19 bits per heavy atom. The molecule has 0 aliphatic carbocycles. The summed E-state index contributed by atoms with van der Waals surface area (Å²) >= 11 is 1.83. The number of nitrogens with one attached hydrogen (secondary N) is 1. The summed E-state index contributed by atoms with van der Waals surface area (Å²) in [6.07, 6.45) is 2.74. The van der Waals surface area contributed by atoms with Crippen molar-refractivity contribution in [2.75, 3.05) is 39.3 Å². The lowest BCUT2D eigenvalue weighted by atomic mass is 10.1. The Kier molecular flexibility index (Phi) is 7.08. The molecule has 26 heavy (non-hydrogen) atoms. The first-order valence-corrected chi connectivity index (χ1v) is 10.3. The number of nitrogens with zero attached hydrogens (tertiary/aromatic N) is 4.